The lowest BCUT2D eigenvalue weighted by atomic mass is 9.91. The summed E-state index contributed by atoms with van der Waals surface area (Å²) in [4.78, 5) is 0.183. The second-order valence-corrected chi connectivity index (χ2v) is 9.96. The molecule has 2 aromatic carbocycles. The molecule has 0 unspecified atom stereocenters. The number of aromatic nitrogens is 1. The zero-order valence-electron chi connectivity index (χ0n) is 17.1. The molecular weight excluding hydrogens is 413 g/mol. The first-order valence-corrected chi connectivity index (χ1v) is 12.0. The topological polar surface area (TPSA) is 74.9 Å². The third-order valence-corrected chi connectivity index (χ3v) is 7.39. The number of fused-ring (bicyclic) bond motifs is 1. The molecule has 0 amide bonds. The molecule has 31 heavy (non-hydrogen) atoms. The molecule has 0 bridgehead atoms. The molecule has 0 atom stereocenters. The van der Waals surface area contributed by atoms with Gasteiger partial charge in [0, 0.05) is 17.8 Å². The number of hydrogen-bond acceptors (Lipinski definition) is 4. The SMILES string of the molecule is N#Cc1ccc(S(=O)(=O)CC=Cn2cc(CC3CCNCC3)c3cc(F)ccc32)cc1. The summed E-state index contributed by atoms with van der Waals surface area (Å²) >= 11 is 0. The number of rotatable bonds is 6. The van der Waals surface area contributed by atoms with Gasteiger partial charge >= 0.3 is 0 Å². The lowest BCUT2D eigenvalue weighted by Gasteiger charge is -2.22. The van der Waals surface area contributed by atoms with Gasteiger partial charge in [0.2, 0.25) is 0 Å². The average molecular weight is 438 g/mol. The van der Waals surface area contributed by atoms with Gasteiger partial charge in [0.25, 0.3) is 0 Å². The third kappa shape index (κ3) is 4.87. The van der Waals surface area contributed by atoms with Gasteiger partial charge in [0.15, 0.2) is 9.84 Å². The smallest absolute Gasteiger partial charge is 0.181 e. The second-order valence-electron chi connectivity index (χ2n) is 7.92. The highest BCUT2D eigenvalue weighted by molar-refractivity contribution is 7.91. The van der Waals surface area contributed by atoms with Crippen molar-refractivity contribution in [1.29, 1.82) is 5.26 Å². The summed E-state index contributed by atoms with van der Waals surface area (Å²) in [6.45, 7) is 2.01. The fraction of sp³-hybridized carbons (Fsp3) is 0.292. The molecule has 0 spiro atoms. The van der Waals surface area contributed by atoms with Crippen molar-refractivity contribution in [2.75, 3.05) is 18.8 Å². The number of nitrogens with zero attached hydrogens (tertiary/aromatic N) is 2. The summed E-state index contributed by atoms with van der Waals surface area (Å²) in [6, 6.07) is 12.6. The number of nitriles is 1. The number of hydrogen-bond donors (Lipinski definition) is 1. The molecule has 1 aliphatic rings. The van der Waals surface area contributed by atoms with E-state index in [4.69, 9.17) is 5.26 Å². The van der Waals surface area contributed by atoms with Gasteiger partial charge in [-0.25, -0.2) is 12.8 Å². The predicted octanol–water partition coefficient (Wildman–Crippen LogP) is 4.14. The van der Waals surface area contributed by atoms with Crippen LogP contribution in [0.2, 0.25) is 0 Å². The predicted molar refractivity (Wildman–Crippen MR) is 120 cm³/mol. The van der Waals surface area contributed by atoms with E-state index in [-0.39, 0.29) is 16.5 Å². The molecule has 1 fully saturated rings. The van der Waals surface area contributed by atoms with E-state index in [1.807, 2.05) is 16.8 Å². The van der Waals surface area contributed by atoms with Crippen LogP contribution in [-0.2, 0) is 16.3 Å². The van der Waals surface area contributed by atoms with Gasteiger partial charge in [-0.05, 0) is 86.3 Å². The number of nitrogens with one attached hydrogen (secondary N) is 1. The lowest BCUT2D eigenvalue weighted by molar-refractivity contribution is 0.373. The van der Waals surface area contributed by atoms with Crippen molar-refractivity contribution < 1.29 is 12.8 Å². The maximum absolute atomic E-state index is 13.9. The van der Waals surface area contributed by atoms with Gasteiger partial charge in [-0.1, -0.05) is 6.08 Å². The highest BCUT2D eigenvalue weighted by atomic mass is 32.2. The molecule has 1 N–H and O–H groups in total. The first-order chi connectivity index (χ1) is 15.0. The molecule has 3 aromatic rings. The molecule has 4 rings (SSSR count). The van der Waals surface area contributed by atoms with Crippen molar-refractivity contribution in [3.05, 3.63) is 71.7 Å². The summed E-state index contributed by atoms with van der Waals surface area (Å²) in [5, 5.41) is 13.1. The Morgan fingerprint density at radius 3 is 2.61 bits per heavy atom. The number of sulfone groups is 1. The second kappa shape index (κ2) is 9.04. The van der Waals surface area contributed by atoms with Crippen LogP contribution in [0, 0.1) is 23.1 Å². The van der Waals surface area contributed by atoms with Crippen molar-refractivity contribution in [3.63, 3.8) is 0 Å². The quantitative estimate of drug-likeness (QED) is 0.629. The summed E-state index contributed by atoms with van der Waals surface area (Å²) in [5.41, 5.74) is 2.36. The molecule has 1 aromatic heterocycles. The fourth-order valence-corrected chi connectivity index (χ4v) is 5.18. The normalized spacial score (nSPS) is 15.5. The minimum atomic E-state index is -3.51. The molecule has 0 aliphatic carbocycles. The highest BCUT2D eigenvalue weighted by Crippen LogP contribution is 2.27. The Kier molecular flexibility index (Phi) is 6.21. The Morgan fingerprint density at radius 2 is 1.90 bits per heavy atom. The Balaban J connectivity index is 1.57. The highest BCUT2D eigenvalue weighted by Gasteiger charge is 2.17. The van der Waals surface area contributed by atoms with Gasteiger partial charge in [-0.2, -0.15) is 5.26 Å². The number of piperidine rings is 1. The van der Waals surface area contributed by atoms with Gasteiger partial charge in [0.1, 0.15) is 5.82 Å². The van der Waals surface area contributed by atoms with E-state index in [1.54, 1.807) is 24.4 Å². The Labute approximate surface area is 181 Å². The van der Waals surface area contributed by atoms with Crippen LogP contribution in [0.4, 0.5) is 4.39 Å². The summed E-state index contributed by atoms with van der Waals surface area (Å²) in [5.74, 6) is 0.122. The van der Waals surface area contributed by atoms with Crippen LogP contribution in [0.25, 0.3) is 17.1 Å². The summed E-state index contributed by atoms with van der Waals surface area (Å²) in [7, 11) is -3.51. The first kappa shape index (κ1) is 21.3. The standard InChI is InChI=1S/C24H24FN3O2S/c25-21-4-7-24-23(15-21)20(14-18-8-10-27-11-9-18)17-28(24)12-1-13-31(29,30)22-5-2-19(16-26)3-6-22/h1-7,12,15,17-18,27H,8-11,13-14H2. The number of halogens is 1. The summed E-state index contributed by atoms with van der Waals surface area (Å²) < 4.78 is 41.0. The van der Waals surface area contributed by atoms with Crippen molar-refractivity contribution in [1.82, 2.24) is 9.88 Å². The van der Waals surface area contributed by atoms with Crippen molar-refractivity contribution in [2.45, 2.75) is 24.2 Å². The molecule has 1 aliphatic heterocycles. The van der Waals surface area contributed by atoms with E-state index < -0.39 is 9.84 Å². The van der Waals surface area contributed by atoms with E-state index in [1.165, 1.54) is 30.3 Å². The van der Waals surface area contributed by atoms with E-state index in [0.717, 1.165) is 48.8 Å². The van der Waals surface area contributed by atoms with Crippen molar-refractivity contribution in [2.24, 2.45) is 5.92 Å². The van der Waals surface area contributed by atoms with Crippen LogP contribution in [0.1, 0.15) is 24.0 Å². The van der Waals surface area contributed by atoms with Gasteiger partial charge in [0.05, 0.1) is 27.8 Å². The maximum atomic E-state index is 13.9. The van der Waals surface area contributed by atoms with Crippen LogP contribution in [-0.4, -0.2) is 31.8 Å². The lowest BCUT2D eigenvalue weighted by Crippen LogP contribution is -2.28. The fourth-order valence-electron chi connectivity index (χ4n) is 4.10. The largest absolute Gasteiger partial charge is 0.323 e. The first-order valence-electron chi connectivity index (χ1n) is 10.4. The molecule has 0 radical (unpaired) electrons. The maximum Gasteiger partial charge on any atom is 0.181 e. The van der Waals surface area contributed by atoms with Crippen molar-refractivity contribution >= 4 is 26.9 Å². The van der Waals surface area contributed by atoms with Crippen LogP contribution >= 0.6 is 0 Å². The van der Waals surface area contributed by atoms with Crippen molar-refractivity contribution in [3.8, 4) is 6.07 Å². The van der Waals surface area contributed by atoms with E-state index in [2.05, 4.69) is 5.32 Å². The zero-order valence-corrected chi connectivity index (χ0v) is 17.9. The molecule has 5 nitrogen and oxygen atoms in total. The minimum absolute atomic E-state index is 0.163. The molecule has 1 saturated heterocycles. The molecule has 7 heteroatoms. The van der Waals surface area contributed by atoms with E-state index >= 15 is 0 Å². The zero-order chi connectivity index (χ0) is 21.8. The van der Waals surface area contributed by atoms with Crippen LogP contribution in [0.15, 0.2) is 59.6 Å². The van der Waals surface area contributed by atoms with E-state index in [9.17, 15) is 12.8 Å². The monoisotopic (exact) mass is 437 g/mol. The third-order valence-electron chi connectivity index (χ3n) is 5.77. The molecular formula is C24H24FN3O2S. The van der Waals surface area contributed by atoms with Gasteiger partial charge < -0.3 is 9.88 Å². The van der Waals surface area contributed by atoms with Crippen LogP contribution in [0.5, 0.6) is 0 Å². The Hall–Kier alpha value is -2.95. The minimum Gasteiger partial charge on any atom is -0.323 e. The summed E-state index contributed by atoms with van der Waals surface area (Å²) in [6.07, 6.45) is 8.39. The molecule has 2 heterocycles. The van der Waals surface area contributed by atoms with Gasteiger partial charge in [-0.3, -0.25) is 0 Å². The molecule has 0 saturated carbocycles. The Morgan fingerprint density at radius 1 is 1.16 bits per heavy atom. The Bertz CT molecular complexity index is 1250. The average Bonchev–Trinajstić information content (AvgIpc) is 3.10. The van der Waals surface area contributed by atoms with Crippen LogP contribution < -0.4 is 5.32 Å². The van der Waals surface area contributed by atoms with Gasteiger partial charge in [-0.15, -0.1) is 0 Å². The van der Waals surface area contributed by atoms with E-state index in [0.29, 0.717) is 11.5 Å². The number of benzene rings is 2. The van der Waals surface area contributed by atoms with Crippen LogP contribution in [0.3, 0.4) is 0 Å². The molecule has 160 valence electrons.